The van der Waals surface area contributed by atoms with Gasteiger partial charge in [0, 0.05) is 33.5 Å². The molecule has 0 fully saturated rings. The lowest BCUT2D eigenvalue weighted by Gasteiger charge is -2.25. The standard InChI is InChI=1S/C7H13N3O/c1-8-6(11)7-9(2)4-5-10(7)3/h4-5,7H,1-3H3,(H,8,11). The highest BCUT2D eigenvalue weighted by Gasteiger charge is 2.26. The second-order valence-corrected chi connectivity index (χ2v) is 2.62. The largest absolute Gasteiger partial charge is 0.356 e. The molecule has 0 radical (unpaired) electrons. The molecular formula is C7H13N3O. The van der Waals surface area contributed by atoms with E-state index in [1.807, 2.05) is 36.3 Å². The van der Waals surface area contributed by atoms with Crippen molar-refractivity contribution in [2.24, 2.45) is 0 Å². The molecule has 1 heterocycles. The summed E-state index contributed by atoms with van der Waals surface area (Å²) in [4.78, 5) is 14.9. The number of carbonyl (C=O) groups is 1. The van der Waals surface area contributed by atoms with Gasteiger partial charge in [-0.05, 0) is 0 Å². The predicted octanol–water partition coefficient (Wildman–Crippen LogP) is -0.593. The molecular weight excluding hydrogens is 142 g/mol. The van der Waals surface area contributed by atoms with Gasteiger partial charge in [-0.1, -0.05) is 0 Å². The lowest BCUT2D eigenvalue weighted by Crippen LogP contribution is -2.46. The molecule has 0 saturated carbocycles. The van der Waals surface area contributed by atoms with Gasteiger partial charge < -0.3 is 15.1 Å². The molecule has 11 heavy (non-hydrogen) atoms. The van der Waals surface area contributed by atoms with Gasteiger partial charge in [-0.15, -0.1) is 0 Å². The van der Waals surface area contributed by atoms with Crippen LogP contribution < -0.4 is 5.32 Å². The zero-order valence-electron chi connectivity index (χ0n) is 7.03. The van der Waals surface area contributed by atoms with E-state index in [0.29, 0.717) is 0 Å². The van der Waals surface area contributed by atoms with Crippen molar-refractivity contribution in [3.8, 4) is 0 Å². The second kappa shape index (κ2) is 2.82. The van der Waals surface area contributed by atoms with Crippen molar-refractivity contribution >= 4 is 5.91 Å². The fraction of sp³-hybridized carbons (Fsp3) is 0.571. The number of carbonyl (C=O) groups excluding carboxylic acids is 1. The maximum atomic E-state index is 11.2. The molecule has 0 spiro atoms. The van der Waals surface area contributed by atoms with E-state index >= 15 is 0 Å². The summed E-state index contributed by atoms with van der Waals surface area (Å²) in [6.07, 6.45) is 3.57. The Bertz CT molecular complexity index is 178. The number of hydrogen-bond donors (Lipinski definition) is 1. The van der Waals surface area contributed by atoms with Crippen LogP contribution in [-0.4, -0.2) is 43.0 Å². The quantitative estimate of drug-likeness (QED) is 0.549. The van der Waals surface area contributed by atoms with Crippen LogP contribution in [0.3, 0.4) is 0 Å². The predicted molar refractivity (Wildman–Crippen MR) is 42.5 cm³/mol. The van der Waals surface area contributed by atoms with Gasteiger partial charge in [0.2, 0.25) is 0 Å². The summed E-state index contributed by atoms with van der Waals surface area (Å²) >= 11 is 0. The molecule has 0 aromatic rings. The van der Waals surface area contributed by atoms with Gasteiger partial charge in [0.15, 0.2) is 6.17 Å². The summed E-state index contributed by atoms with van der Waals surface area (Å²) in [7, 11) is 5.39. The molecule has 4 heteroatoms. The van der Waals surface area contributed by atoms with Crippen LogP contribution in [0.1, 0.15) is 0 Å². The number of hydrogen-bond acceptors (Lipinski definition) is 3. The first-order chi connectivity index (χ1) is 5.16. The van der Waals surface area contributed by atoms with Gasteiger partial charge in [-0.25, -0.2) is 0 Å². The molecule has 0 aromatic heterocycles. The zero-order chi connectivity index (χ0) is 8.43. The van der Waals surface area contributed by atoms with E-state index in [2.05, 4.69) is 5.32 Å². The van der Waals surface area contributed by atoms with Gasteiger partial charge in [0.05, 0.1) is 0 Å². The topological polar surface area (TPSA) is 35.6 Å². The molecule has 0 atom stereocenters. The Morgan fingerprint density at radius 2 is 1.82 bits per heavy atom. The third kappa shape index (κ3) is 1.29. The van der Waals surface area contributed by atoms with Gasteiger partial charge in [-0.3, -0.25) is 4.79 Å². The lowest BCUT2D eigenvalue weighted by molar-refractivity contribution is -0.127. The normalized spacial score (nSPS) is 17.7. The second-order valence-electron chi connectivity index (χ2n) is 2.62. The van der Waals surface area contributed by atoms with Crippen molar-refractivity contribution in [1.82, 2.24) is 15.1 Å². The number of likely N-dealkylation sites (N-methyl/N-ethyl adjacent to an activating group) is 3. The number of nitrogens with one attached hydrogen (secondary N) is 1. The third-order valence-corrected chi connectivity index (χ3v) is 1.79. The van der Waals surface area contributed by atoms with Crippen LogP contribution >= 0.6 is 0 Å². The summed E-state index contributed by atoms with van der Waals surface area (Å²) in [5.74, 6) is 0.0139. The van der Waals surface area contributed by atoms with E-state index in [9.17, 15) is 4.79 Å². The van der Waals surface area contributed by atoms with Crippen molar-refractivity contribution in [1.29, 1.82) is 0 Å². The highest BCUT2D eigenvalue weighted by atomic mass is 16.2. The molecule has 0 unspecified atom stereocenters. The van der Waals surface area contributed by atoms with Crippen LogP contribution in [0.25, 0.3) is 0 Å². The summed E-state index contributed by atoms with van der Waals surface area (Å²) in [5.41, 5.74) is 0. The van der Waals surface area contributed by atoms with Crippen LogP contribution in [0.2, 0.25) is 0 Å². The average molecular weight is 155 g/mol. The van der Waals surface area contributed by atoms with Gasteiger partial charge in [0.25, 0.3) is 5.91 Å². The summed E-state index contributed by atoms with van der Waals surface area (Å²) in [5, 5.41) is 2.61. The monoisotopic (exact) mass is 155 g/mol. The highest BCUT2D eigenvalue weighted by Crippen LogP contribution is 2.10. The van der Waals surface area contributed by atoms with Crippen molar-refractivity contribution < 1.29 is 4.79 Å². The van der Waals surface area contributed by atoms with Crippen LogP contribution in [0.15, 0.2) is 12.4 Å². The fourth-order valence-electron chi connectivity index (χ4n) is 1.16. The van der Waals surface area contributed by atoms with Crippen molar-refractivity contribution in [3.05, 3.63) is 12.4 Å². The van der Waals surface area contributed by atoms with Gasteiger partial charge in [-0.2, -0.15) is 0 Å². The average Bonchev–Trinajstić information content (AvgIpc) is 2.30. The molecule has 0 aliphatic carbocycles. The third-order valence-electron chi connectivity index (χ3n) is 1.79. The van der Waals surface area contributed by atoms with E-state index in [1.165, 1.54) is 0 Å². The Kier molecular flexibility index (Phi) is 2.03. The minimum absolute atomic E-state index is 0.0139. The Labute approximate surface area is 66.5 Å². The van der Waals surface area contributed by atoms with Crippen molar-refractivity contribution in [3.63, 3.8) is 0 Å². The molecule has 1 rings (SSSR count). The van der Waals surface area contributed by atoms with Gasteiger partial charge in [0.1, 0.15) is 0 Å². The maximum absolute atomic E-state index is 11.2. The molecule has 0 aromatic carbocycles. The number of nitrogens with zero attached hydrogens (tertiary/aromatic N) is 2. The SMILES string of the molecule is CNC(=O)C1N(C)C=CN1C. The minimum Gasteiger partial charge on any atom is -0.356 e. The smallest absolute Gasteiger partial charge is 0.263 e. The molecule has 1 amide bonds. The van der Waals surface area contributed by atoms with Crippen LogP contribution in [0.5, 0.6) is 0 Å². The molecule has 1 aliphatic heterocycles. The number of amides is 1. The first-order valence-electron chi connectivity index (χ1n) is 3.50. The highest BCUT2D eigenvalue weighted by molar-refractivity contribution is 5.81. The summed E-state index contributed by atoms with van der Waals surface area (Å²) in [6.45, 7) is 0. The van der Waals surface area contributed by atoms with Gasteiger partial charge >= 0.3 is 0 Å². The summed E-state index contributed by atoms with van der Waals surface area (Å²) in [6, 6.07) is 0. The Balaban J connectivity index is 2.65. The van der Waals surface area contributed by atoms with Crippen LogP contribution in [-0.2, 0) is 4.79 Å². The number of rotatable bonds is 1. The van der Waals surface area contributed by atoms with E-state index in [1.54, 1.807) is 7.05 Å². The minimum atomic E-state index is -0.181. The van der Waals surface area contributed by atoms with Crippen LogP contribution in [0, 0.1) is 0 Å². The molecule has 1 aliphatic rings. The first kappa shape index (κ1) is 7.91. The fourth-order valence-corrected chi connectivity index (χ4v) is 1.16. The van der Waals surface area contributed by atoms with E-state index < -0.39 is 0 Å². The first-order valence-corrected chi connectivity index (χ1v) is 3.50. The molecule has 1 N–H and O–H groups in total. The maximum Gasteiger partial charge on any atom is 0.263 e. The van der Waals surface area contributed by atoms with E-state index in [0.717, 1.165) is 0 Å². The molecule has 0 bridgehead atoms. The Morgan fingerprint density at radius 3 is 2.18 bits per heavy atom. The van der Waals surface area contributed by atoms with E-state index in [-0.39, 0.29) is 12.1 Å². The lowest BCUT2D eigenvalue weighted by atomic mass is 10.4. The summed E-state index contributed by atoms with van der Waals surface area (Å²) < 4.78 is 0. The molecule has 0 saturated heterocycles. The molecule has 4 nitrogen and oxygen atoms in total. The van der Waals surface area contributed by atoms with Crippen molar-refractivity contribution in [2.75, 3.05) is 21.1 Å². The Morgan fingerprint density at radius 1 is 1.36 bits per heavy atom. The molecule has 62 valence electrons. The zero-order valence-corrected chi connectivity index (χ0v) is 7.03. The Hall–Kier alpha value is -1.19. The van der Waals surface area contributed by atoms with Crippen molar-refractivity contribution in [2.45, 2.75) is 6.17 Å². The van der Waals surface area contributed by atoms with E-state index in [4.69, 9.17) is 0 Å². The van der Waals surface area contributed by atoms with Crippen LogP contribution in [0.4, 0.5) is 0 Å².